The number of hydrogen-bond acceptors (Lipinski definition) is 4. The number of carbonyl (C=O) groups is 1. The van der Waals surface area contributed by atoms with Gasteiger partial charge in [-0.1, -0.05) is 12.1 Å². The maximum Gasteiger partial charge on any atom is 0.276 e. The molecule has 0 heterocycles. The molecule has 2 aromatic rings. The first-order chi connectivity index (χ1) is 10.9. The Bertz CT molecular complexity index is 762. The van der Waals surface area contributed by atoms with E-state index in [0.717, 1.165) is 10.0 Å². The summed E-state index contributed by atoms with van der Waals surface area (Å²) in [5, 5.41) is 13.6. The fraction of sp³-hybridized carbons (Fsp3) is 0.188. The molecule has 7 heteroatoms. The molecule has 0 bridgehead atoms. The number of ether oxygens (including phenoxy) is 1. The molecule has 1 N–H and O–H groups in total. The van der Waals surface area contributed by atoms with Crippen molar-refractivity contribution in [3.8, 4) is 5.75 Å². The van der Waals surface area contributed by atoms with E-state index in [1.165, 1.54) is 12.1 Å². The molecule has 2 rings (SSSR count). The Morgan fingerprint density at radius 2 is 2.04 bits per heavy atom. The minimum Gasteiger partial charge on any atom is -0.483 e. The van der Waals surface area contributed by atoms with Crippen LogP contribution in [0.3, 0.4) is 0 Å². The molecule has 6 nitrogen and oxygen atoms in total. The standard InChI is InChI=1S/C16H15BrN2O4/c1-10-6-7-13(12(17)8-10)18-16(20)9-23-15-5-3-4-14(11(15)2)19(21)22/h3-8H,9H2,1-2H3,(H,18,20). The van der Waals surface area contributed by atoms with Crippen LogP contribution in [0, 0.1) is 24.0 Å². The molecule has 1 amide bonds. The molecule has 0 spiro atoms. The van der Waals surface area contributed by atoms with Crippen LogP contribution in [0.5, 0.6) is 5.75 Å². The van der Waals surface area contributed by atoms with Gasteiger partial charge in [0.1, 0.15) is 5.75 Å². The van der Waals surface area contributed by atoms with E-state index in [0.29, 0.717) is 17.0 Å². The number of amides is 1. The molecule has 0 saturated carbocycles. The summed E-state index contributed by atoms with van der Waals surface area (Å²) in [6.07, 6.45) is 0. The molecule has 0 aliphatic heterocycles. The lowest BCUT2D eigenvalue weighted by Crippen LogP contribution is -2.20. The van der Waals surface area contributed by atoms with E-state index in [-0.39, 0.29) is 18.2 Å². The molecular formula is C16H15BrN2O4. The van der Waals surface area contributed by atoms with Gasteiger partial charge in [0.25, 0.3) is 11.6 Å². The third kappa shape index (κ3) is 4.29. The molecule has 0 aliphatic carbocycles. The fourth-order valence-corrected chi connectivity index (χ4v) is 2.60. The van der Waals surface area contributed by atoms with Gasteiger partial charge in [0.2, 0.25) is 0 Å². The summed E-state index contributed by atoms with van der Waals surface area (Å²) in [6, 6.07) is 10.1. The summed E-state index contributed by atoms with van der Waals surface area (Å²) in [6.45, 7) is 3.30. The van der Waals surface area contributed by atoms with E-state index >= 15 is 0 Å². The Hall–Kier alpha value is -2.41. The Kier molecular flexibility index (Phi) is 5.33. The highest BCUT2D eigenvalue weighted by Crippen LogP contribution is 2.27. The van der Waals surface area contributed by atoms with E-state index in [9.17, 15) is 14.9 Å². The summed E-state index contributed by atoms with van der Waals surface area (Å²) in [7, 11) is 0. The van der Waals surface area contributed by atoms with Crippen molar-refractivity contribution in [1.82, 2.24) is 0 Å². The fourth-order valence-electron chi connectivity index (χ4n) is 2.01. The van der Waals surface area contributed by atoms with Crippen LogP contribution in [0.25, 0.3) is 0 Å². The number of nitro groups is 1. The van der Waals surface area contributed by atoms with Crippen molar-refractivity contribution in [1.29, 1.82) is 0 Å². The average molecular weight is 379 g/mol. The number of rotatable bonds is 5. The first kappa shape index (κ1) is 17.0. The van der Waals surface area contributed by atoms with Crippen molar-refractivity contribution in [3.05, 3.63) is 62.1 Å². The second-order valence-corrected chi connectivity index (χ2v) is 5.83. The molecule has 0 fully saturated rings. The number of aryl methyl sites for hydroxylation is 1. The van der Waals surface area contributed by atoms with Gasteiger partial charge in [0.15, 0.2) is 6.61 Å². The van der Waals surface area contributed by atoms with Crippen molar-refractivity contribution in [2.75, 3.05) is 11.9 Å². The predicted octanol–water partition coefficient (Wildman–Crippen LogP) is 3.99. The second-order valence-electron chi connectivity index (χ2n) is 4.98. The minimum absolute atomic E-state index is 0.0378. The number of anilines is 1. The van der Waals surface area contributed by atoms with Crippen LogP contribution in [0.4, 0.5) is 11.4 Å². The zero-order chi connectivity index (χ0) is 17.0. The zero-order valence-corrected chi connectivity index (χ0v) is 14.2. The Balaban J connectivity index is 2.02. The molecule has 0 saturated heterocycles. The van der Waals surface area contributed by atoms with Gasteiger partial charge < -0.3 is 10.1 Å². The normalized spacial score (nSPS) is 10.2. The number of halogens is 1. The van der Waals surface area contributed by atoms with E-state index < -0.39 is 4.92 Å². The summed E-state index contributed by atoms with van der Waals surface area (Å²) >= 11 is 3.38. The third-order valence-electron chi connectivity index (χ3n) is 3.21. The van der Waals surface area contributed by atoms with Crippen LogP contribution in [-0.4, -0.2) is 17.4 Å². The highest BCUT2D eigenvalue weighted by atomic mass is 79.9. The lowest BCUT2D eigenvalue weighted by Gasteiger charge is -2.11. The first-order valence-electron chi connectivity index (χ1n) is 6.81. The van der Waals surface area contributed by atoms with Gasteiger partial charge in [-0.15, -0.1) is 0 Å². The zero-order valence-electron chi connectivity index (χ0n) is 12.6. The number of benzene rings is 2. The van der Waals surface area contributed by atoms with Crippen molar-refractivity contribution in [3.63, 3.8) is 0 Å². The van der Waals surface area contributed by atoms with Gasteiger partial charge >= 0.3 is 0 Å². The van der Waals surface area contributed by atoms with Crippen molar-refractivity contribution >= 4 is 33.2 Å². The van der Waals surface area contributed by atoms with E-state index in [2.05, 4.69) is 21.2 Å². The number of nitrogens with one attached hydrogen (secondary N) is 1. The maximum absolute atomic E-state index is 12.0. The van der Waals surface area contributed by atoms with Gasteiger partial charge in [-0.2, -0.15) is 0 Å². The molecule has 0 atom stereocenters. The largest absolute Gasteiger partial charge is 0.483 e. The third-order valence-corrected chi connectivity index (χ3v) is 3.87. The van der Waals surface area contributed by atoms with E-state index in [1.807, 2.05) is 19.1 Å². The average Bonchev–Trinajstić information content (AvgIpc) is 2.49. The van der Waals surface area contributed by atoms with Gasteiger partial charge in [-0.05, 0) is 53.5 Å². The van der Waals surface area contributed by atoms with Crippen molar-refractivity contribution < 1.29 is 14.5 Å². The van der Waals surface area contributed by atoms with Crippen LogP contribution >= 0.6 is 15.9 Å². The molecule has 0 radical (unpaired) electrons. The lowest BCUT2D eigenvalue weighted by atomic mass is 10.2. The van der Waals surface area contributed by atoms with E-state index in [1.54, 1.807) is 19.1 Å². The predicted molar refractivity (Wildman–Crippen MR) is 90.8 cm³/mol. The summed E-state index contributed by atoms with van der Waals surface area (Å²) in [5.74, 6) is -0.0298. The summed E-state index contributed by atoms with van der Waals surface area (Å²) in [4.78, 5) is 22.4. The topological polar surface area (TPSA) is 81.5 Å². The lowest BCUT2D eigenvalue weighted by molar-refractivity contribution is -0.385. The van der Waals surface area contributed by atoms with Crippen molar-refractivity contribution in [2.24, 2.45) is 0 Å². The second kappa shape index (κ2) is 7.23. The SMILES string of the molecule is Cc1ccc(NC(=O)COc2cccc([N+](=O)[O-])c2C)c(Br)c1. The van der Waals surface area contributed by atoms with Crippen LogP contribution < -0.4 is 10.1 Å². The van der Waals surface area contributed by atoms with Crippen LogP contribution in [-0.2, 0) is 4.79 Å². The van der Waals surface area contributed by atoms with Gasteiger partial charge in [0, 0.05) is 10.5 Å². The van der Waals surface area contributed by atoms with Crippen LogP contribution in [0.15, 0.2) is 40.9 Å². The highest BCUT2D eigenvalue weighted by molar-refractivity contribution is 9.10. The molecule has 0 aromatic heterocycles. The Labute approximate surface area is 141 Å². The number of nitrogens with zero attached hydrogens (tertiary/aromatic N) is 1. The number of carbonyl (C=O) groups excluding carboxylic acids is 1. The summed E-state index contributed by atoms with van der Waals surface area (Å²) in [5.41, 5.74) is 2.06. The molecule has 120 valence electrons. The van der Waals surface area contributed by atoms with Gasteiger partial charge in [-0.25, -0.2) is 0 Å². The number of hydrogen-bond donors (Lipinski definition) is 1. The van der Waals surface area contributed by atoms with Crippen molar-refractivity contribution in [2.45, 2.75) is 13.8 Å². The monoisotopic (exact) mass is 378 g/mol. The molecule has 2 aromatic carbocycles. The number of nitro benzene ring substituents is 1. The first-order valence-corrected chi connectivity index (χ1v) is 7.60. The molecule has 0 unspecified atom stereocenters. The van der Waals surface area contributed by atoms with E-state index in [4.69, 9.17) is 4.74 Å². The maximum atomic E-state index is 12.0. The Morgan fingerprint density at radius 1 is 1.30 bits per heavy atom. The summed E-state index contributed by atoms with van der Waals surface area (Å²) < 4.78 is 6.17. The Morgan fingerprint density at radius 3 is 2.70 bits per heavy atom. The van der Waals surface area contributed by atoms with Gasteiger partial charge in [0.05, 0.1) is 16.2 Å². The van der Waals surface area contributed by atoms with Crippen LogP contribution in [0.1, 0.15) is 11.1 Å². The van der Waals surface area contributed by atoms with Crippen LogP contribution in [0.2, 0.25) is 0 Å². The molecule has 0 aliphatic rings. The van der Waals surface area contributed by atoms with Gasteiger partial charge in [-0.3, -0.25) is 14.9 Å². The smallest absolute Gasteiger partial charge is 0.276 e. The highest BCUT2D eigenvalue weighted by Gasteiger charge is 2.15. The molecular weight excluding hydrogens is 364 g/mol. The minimum atomic E-state index is -0.480. The quantitative estimate of drug-likeness (QED) is 0.629. The molecule has 23 heavy (non-hydrogen) atoms.